The van der Waals surface area contributed by atoms with Crippen LogP contribution in [0.1, 0.15) is 37.2 Å². The third-order valence-electron chi connectivity index (χ3n) is 4.70. The number of likely N-dealkylation sites (tertiary alicyclic amines) is 1. The molecule has 2 aliphatic rings. The van der Waals surface area contributed by atoms with Crippen molar-refractivity contribution < 1.29 is 18.2 Å². The zero-order valence-electron chi connectivity index (χ0n) is 14.9. The van der Waals surface area contributed by atoms with Gasteiger partial charge in [0.05, 0.1) is 6.04 Å². The zero-order chi connectivity index (χ0) is 18.7. The first-order chi connectivity index (χ1) is 12.5. The van der Waals surface area contributed by atoms with Crippen molar-refractivity contribution in [3.8, 4) is 5.88 Å². The summed E-state index contributed by atoms with van der Waals surface area (Å²) >= 11 is -1.29. The molecule has 0 bridgehead atoms. The summed E-state index contributed by atoms with van der Waals surface area (Å²) in [4.78, 5) is 10.7. The van der Waals surface area contributed by atoms with Gasteiger partial charge in [-0.15, -0.1) is 0 Å². The summed E-state index contributed by atoms with van der Waals surface area (Å²) in [5.74, 6) is 0.386. The standard InChI is InChI=1S/C16H25N5O4S/c1-10(21-8-12(9-21)25-26(2)23)14-19-15(13(7-17)16(22)20-14)18-11-3-5-24-6-4-11/h7,10-12,17H,3-6,8-9H2,1-2H3,(H2,18,19,20,22)/p-1/t10-,26?/m1/s1. The minimum atomic E-state index is -1.29. The molecular weight excluding hydrogens is 358 g/mol. The van der Waals surface area contributed by atoms with Crippen LogP contribution in [0.25, 0.3) is 0 Å². The van der Waals surface area contributed by atoms with Crippen molar-refractivity contribution in [2.45, 2.75) is 38.0 Å². The maximum atomic E-state index is 12.3. The lowest BCUT2D eigenvalue weighted by Gasteiger charge is -2.41. The van der Waals surface area contributed by atoms with Gasteiger partial charge in [-0.3, -0.25) is 9.08 Å². The molecule has 0 amide bonds. The molecule has 1 aromatic heterocycles. The van der Waals surface area contributed by atoms with E-state index in [0.29, 0.717) is 37.9 Å². The molecule has 10 heteroatoms. The molecule has 3 heterocycles. The van der Waals surface area contributed by atoms with E-state index >= 15 is 0 Å². The Labute approximate surface area is 155 Å². The fraction of sp³-hybridized carbons (Fsp3) is 0.688. The van der Waals surface area contributed by atoms with Crippen LogP contribution >= 0.6 is 0 Å². The van der Waals surface area contributed by atoms with Crippen LogP contribution in [0.2, 0.25) is 0 Å². The van der Waals surface area contributed by atoms with Crippen molar-refractivity contribution in [3.63, 3.8) is 0 Å². The predicted octanol–water partition coefficient (Wildman–Crippen LogP) is 0.194. The fourth-order valence-corrected chi connectivity index (χ4v) is 3.63. The largest absolute Gasteiger partial charge is 0.858 e. The van der Waals surface area contributed by atoms with Crippen molar-refractivity contribution in [1.82, 2.24) is 14.9 Å². The van der Waals surface area contributed by atoms with E-state index < -0.39 is 17.0 Å². The van der Waals surface area contributed by atoms with E-state index in [9.17, 15) is 9.32 Å². The van der Waals surface area contributed by atoms with Gasteiger partial charge in [-0.05, 0) is 19.8 Å². The van der Waals surface area contributed by atoms with Gasteiger partial charge in [0.1, 0.15) is 17.7 Å². The Bertz CT molecular complexity index is 677. The molecule has 1 unspecified atom stereocenters. The highest BCUT2D eigenvalue weighted by molar-refractivity contribution is 7.79. The Balaban J connectivity index is 1.73. The van der Waals surface area contributed by atoms with Gasteiger partial charge in [0, 0.05) is 56.3 Å². The van der Waals surface area contributed by atoms with Crippen LogP contribution in [-0.4, -0.2) is 70.0 Å². The summed E-state index contributed by atoms with van der Waals surface area (Å²) in [6, 6.07) is 0.00379. The van der Waals surface area contributed by atoms with Crippen LogP contribution in [0, 0.1) is 5.41 Å². The molecule has 0 radical (unpaired) electrons. The number of ether oxygens (including phenoxy) is 1. The maximum Gasteiger partial charge on any atom is 0.152 e. The highest BCUT2D eigenvalue weighted by Crippen LogP contribution is 2.28. The Morgan fingerprint density at radius 3 is 2.73 bits per heavy atom. The van der Waals surface area contributed by atoms with E-state index in [1.165, 1.54) is 6.26 Å². The first-order valence-corrected chi connectivity index (χ1v) is 10.1. The number of hydrogen-bond acceptors (Lipinski definition) is 9. The van der Waals surface area contributed by atoms with Crippen molar-refractivity contribution in [3.05, 3.63) is 11.4 Å². The summed E-state index contributed by atoms with van der Waals surface area (Å²) < 4.78 is 21.7. The molecule has 2 fully saturated rings. The van der Waals surface area contributed by atoms with E-state index in [1.54, 1.807) is 0 Å². The first-order valence-electron chi connectivity index (χ1n) is 8.66. The molecule has 0 aliphatic carbocycles. The number of nitrogens with one attached hydrogen (secondary N) is 2. The summed E-state index contributed by atoms with van der Waals surface area (Å²) in [5, 5.41) is 23.1. The van der Waals surface area contributed by atoms with Crippen molar-refractivity contribution in [1.29, 1.82) is 5.41 Å². The topological polar surface area (TPSA) is 123 Å². The molecule has 2 atom stereocenters. The predicted molar refractivity (Wildman–Crippen MR) is 95.8 cm³/mol. The van der Waals surface area contributed by atoms with Gasteiger partial charge in [0.25, 0.3) is 0 Å². The SMILES string of the molecule is C[C@H](c1nc([O-])c(C=N)c(NC2CCOCC2)n1)N1CC(OS(C)=O)C1. The van der Waals surface area contributed by atoms with Gasteiger partial charge in [-0.1, -0.05) is 0 Å². The molecule has 144 valence electrons. The van der Waals surface area contributed by atoms with Crippen LogP contribution in [0.15, 0.2) is 0 Å². The minimum absolute atomic E-state index is 0.0734. The molecule has 9 nitrogen and oxygen atoms in total. The molecule has 26 heavy (non-hydrogen) atoms. The van der Waals surface area contributed by atoms with Crippen LogP contribution in [-0.2, 0) is 20.0 Å². The Hall–Kier alpha value is -1.62. The first kappa shape index (κ1) is 19.2. The number of hydrogen-bond donors (Lipinski definition) is 2. The van der Waals surface area contributed by atoms with E-state index in [4.69, 9.17) is 14.3 Å². The molecule has 0 spiro atoms. The Morgan fingerprint density at radius 2 is 2.12 bits per heavy atom. The smallest absolute Gasteiger partial charge is 0.152 e. The van der Waals surface area contributed by atoms with Crippen LogP contribution in [0.4, 0.5) is 5.82 Å². The van der Waals surface area contributed by atoms with Crippen LogP contribution < -0.4 is 10.4 Å². The minimum Gasteiger partial charge on any atom is -0.858 e. The molecule has 2 aliphatic heterocycles. The van der Waals surface area contributed by atoms with E-state index in [0.717, 1.165) is 19.1 Å². The second-order valence-corrected chi connectivity index (χ2v) is 7.57. The summed E-state index contributed by atoms with van der Waals surface area (Å²) in [6.45, 7) is 4.51. The molecule has 2 saturated heterocycles. The number of nitrogens with zero attached hydrogens (tertiary/aromatic N) is 3. The summed E-state index contributed by atoms with van der Waals surface area (Å²) in [7, 11) is 0. The quantitative estimate of drug-likeness (QED) is 0.641. The second-order valence-electron chi connectivity index (χ2n) is 6.57. The van der Waals surface area contributed by atoms with Crippen molar-refractivity contribution >= 4 is 23.1 Å². The van der Waals surface area contributed by atoms with Gasteiger partial charge in [-0.2, -0.15) is 0 Å². The lowest BCUT2D eigenvalue weighted by molar-refractivity contribution is -0.275. The molecule has 1 aromatic rings. The van der Waals surface area contributed by atoms with Gasteiger partial charge in [0.15, 0.2) is 11.1 Å². The van der Waals surface area contributed by atoms with Crippen LogP contribution in [0.3, 0.4) is 0 Å². The summed E-state index contributed by atoms with van der Waals surface area (Å²) in [5.41, 5.74) is 0.179. The summed E-state index contributed by atoms with van der Waals surface area (Å²) in [6.07, 6.45) is 4.10. The average Bonchev–Trinajstić information content (AvgIpc) is 2.57. The van der Waals surface area contributed by atoms with Crippen molar-refractivity contribution in [2.24, 2.45) is 0 Å². The van der Waals surface area contributed by atoms with E-state index in [1.807, 2.05) is 6.92 Å². The van der Waals surface area contributed by atoms with Gasteiger partial charge < -0.3 is 20.6 Å². The molecule has 0 aromatic carbocycles. The van der Waals surface area contributed by atoms with Crippen LogP contribution in [0.5, 0.6) is 5.88 Å². The molecule has 2 N–H and O–H groups in total. The number of aromatic nitrogens is 2. The van der Waals surface area contributed by atoms with E-state index in [-0.39, 0.29) is 23.8 Å². The fourth-order valence-electron chi connectivity index (χ4n) is 3.13. The third-order valence-corrected chi connectivity index (χ3v) is 5.25. The average molecular weight is 382 g/mol. The highest BCUT2D eigenvalue weighted by atomic mass is 32.2. The zero-order valence-corrected chi connectivity index (χ0v) is 15.8. The molecular formula is C16H24N5O4S-. The Kier molecular flexibility index (Phi) is 6.17. The van der Waals surface area contributed by atoms with Gasteiger partial charge in [0.2, 0.25) is 0 Å². The van der Waals surface area contributed by atoms with Gasteiger partial charge in [-0.25, -0.2) is 14.2 Å². The third kappa shape index (κ3) is 4.37. The van der Waals surface area contributed by atoms with E-state index in [2.05, 4.69) is 20.2 Å². The maximum absolute atomic E-state index is 12.3. The second kappa shape index (κ2) is 8.38. The molecule has 3 rings (SSSR count). The van der Waals surface area contributed by atoms with Crippen molar-refractivity contribution in [2.75, 3.05) is 37.9 Å². The number of anilines is 1. The normalized spacial score (nSPS) is 21.8. The lowest BCUT2D eigenvalue weighted by atomic mass is 10.1. The lowest BCUT2D eigenvalue weighted by Crippen LogP contribution is -2.53. The van der Waals surface area contributed by atoms with Gasteiger partial charge >= 0.3 is 0 Å². The number of rotatable bonds is 7. The highest BCUT2D eigenvalue weighted by Gasteiger charge is 2.34. The monoisotopic (exact) mass is 382 g/mol. The Morgan fingerprint density at radius 1 is 1.42 bits per heavy atom. The molecule has 0 saturated carbocycles.